The zero-order chi connectivity index (χ0) is 22.1. The highest BCUT2D eigenvalue weighted by molar-refractivity contribution is 5.95. The lowest BCUT2D eigenvalue weighted by Crippen LogP contribution is -2.37. The first kappa shape index (κ1) is 22.7. The number of rotatable bonds is 9. The molecule has 2 amide bonds. The van der Waals surface area contributed by atoms with Crippen LogP contribution in [-0.4, -0.2) is 56.6 Å². The molecular formula is C22H26N2O6. The number of hydrogen-bond donors (Lipinski definition) is 1. The summed E-state index contributed by atoms with van der Waals surface area (Å²) >= 11 is 0. The minimum absolute atomic E-state index is 0.161. The highest BCUT2D eigenvalue weighted by atomic mass is 16.6. The van der Waals surface area contributed by atoms with E-state index in [-0.39, 0.29) is 19.1 Å². The number of carbonyl (C=O) groups is 3. The molecule has 2 aromatic rings. The van der Waals surface area contributed by atoms with Gasteiger partial charge in [-0.3, -0.25) is 9.59 Å². The second-order valence-electron chi connectivity index (χ2n) is 6.74. The Hall–Kier alpha value is -3.55. The van der Waals surface area contributed by atoms with Gasteiger partial charge in [-0.15, -0.1) is 0 Å². The van der Waals surface area contributed by atoms with Gasteiger partial charge in [0.15, 0.2) is 13.2 Å². The van der Waals surface area contributed by atoms with Crippen LogP contribution in [0.5, 0.6) is 11.5 Å². The van der Waals surface area contributed by atoms with E-state index in [9.17, 15) is 14.4 Å². The molecule has 0 saturated carbocycles. The van der Waals surface area contributed by atoms with Gasteiger partial charge < -0.3 is 24.4 Å². The summed E-state index contributed by atoms with van der Waals surface area (Å²) in [7, 11) is 3.02. The van der Waals surface area contributed by atoms with Crippen LogP contribution < -0.4 is 14.8 Å². The molecular weight excluding hydrogens is 388 g/mol. The summed E-state index contributed by atoms with van der Waals surface area (Å²) < 4.78 is 15.2. The van der Waals surface area contributed by atoms with Crippen LogP contribution >= 0.6 is 0 Å². The molecule has 1 N–H and O–H groups in total. The maximum atomic E-state index is 12.2. The molecule has 0 aromatic heterocycles. The lowest BCUT2D eigenvalue weighted by Gasteiger charge is -2.17. The van der Waals surface area contributed by atoms with Crippen molar-refractivity contribution in [3.05, 3.63) is 53.6 Å². The van der Waals surface area contributed by atoms with Gasteiger partial charge in [0.1, 0.15) is 11.5 Å². The third-order valence-corrected chi connectivity index (χ3v) is 4.25. The number of benzene rings is 2. The first-order chi connectivity index (χ1) is 14.3. The van der Waals surface area contributed by atoms with Crippen molar-refractivity contribution in [3.8, 4) is 11.5 Å². The average Bonchev–Trinajstić information content (AvgIpc) is 2.73. The van der Waals surface area contributed by atoms with E-state index in [0.29, 0.717) is 17.2 Å². The standard InChI is InChI=1S/C22H26N2O6/c1-15-5-6-16(2)19(11-15)23-20(25)12-24(3)21(26)13-30-22(27)14-29-18-9-7-17(28-4)8-10-18/h5-11H,12-14H2,1-4H3,(H,23,25). The summed E-state index contributed by atoms with van der Waals surface area (Å²) in [5, 5.41) is 2.78. The van der Waals surface area contributed by atoms with E-state index >= 15 is 0 Å². The molecule has 160 valence electrons. The summed E-state index contributed by atoms with van der Waals surface area (Å²) in [6.07, 6.45) is 0. The number of nitrogens with one attached hydrogen (secondary N) is 1. The maximum absolute atomic E-state index is 12.2. The van der Waals surface area contributed by atoms with E-state index < -0.39 is 18.5 Å². The first-order valence-corrected chi connectivity index (χ1v) is 9.32. The summed E-state index contributed by atoms with van der Waals surface area (Å²) in [5.74, 6) is -0.385. The van der Waals surface area contributed by atoms with E-state index in [0.717, 1.165) is 11.1 Å². The third kappa shape index (κ3) is 7.12. The lowest BCUT2D eigenvalue weighted by atomic mass is 10.1. The Morgan fingerprint density at radius 3 is 2.30 bits per heavy atom. The van der Waals surface area contributed by atoms with Crippen molar-refractivity contribution in [2.45, 2.75) is 13.8 Å². The third-order valence-electron chi connectivity index (χ3n) is 4.25. The normalized spacial score (nSPS) is 10.1. The van der Waals surface area contributed by atoms with Crippen molar-refractivity contribution in [1.82, 2.24) is 4.90 Å². The summed E-state index contributed by atoms with van der Waals surface area (Å²) in [4.78, 5) is 37.3. The number of amides is 2. The van der Waals surface area contributed by atoms with E-state index in [1.54, 1.807) is 31.4 Å². The molecule has 0 aliphatic carbocycles. The van der Waals surface area contributed by atoms with Gasteiger partial charge >= 0.3 is 5.97 Å². The van der Waals surface area contributed by atoms with Crippen molar-refractivity contribution in [3.63, 3.8) is 0 Å². The molecule has 2 aromatic carbocycles. The van der Waals surface area contributed by atoms with Crippen molar-refractivity contribution < 1.29 is 28.6 Å². The molecule has 0 saturated heterocycles. The Kier molecular flexibility index (Phi) is 8.22. The number of likely N-dealkylation sites (N-methyl/N-ethyl adjacent to an activating group) is 1. The van der Waals surface area contributed by atoms with Gasteiger partial charge in [0, 0.05) is 12.7 Å². The van der Waals surface area contributed by atoms with Crippen LogP contribution in [-0.2, 0) is 19.1 Å². The van der Waals surface area contributed by atoms with Crippen LogP contribution in [0.4, 0.5) is 5.69 Å². The van der Waals surface area contributed by atoms with E-state index in [1.165, 1.54) is 11.9 Å². The fourth-order valence-corrected chi connectivity index (χ4v) is 2.47. The van der Waals surface area contributed by atoms with Crippen LogP contribution in [0.3, 0.4) is 0 Å². The number of anilines is 1. The highest BCUT2D eigenvalue weighted by Gasteiger charge is 2.16. The molecule has 0 heterocycles. The van der Waals surface area contributed by atoms with Crippen LogP contribution in [0, 0.1) is 13.8 Å². The Morgan fingerprint density at radius 1 is 0.967 bits per heavy atom. The zero-order valence-corrected chi connectivity index (χ0v) is 17.6. The van der Waals surface area contributed by atoms with Crippen LogP contribution in [0.15, 0.2) is 42.5 Å². The molecule has 8 nitrogen and oxygen atoms in total. The monoisotopic (exact) mass is 414 g/mol. The average molecular weight is 414 g/mol. The smallest absolute Gasteiger partial charge is 0.344 e. The Morgan fingerprint density at radius 2 is 1.63 bits per heavy atom. The fourth-order valence-electron chi connectivity index (χ4n) is 2.47. The molecule has 0 atom stereocenters. The van der Waals surface area contributed by atoms with Crippen LogP contribution in [0.25, 0.3) is 0 Å². The lowest BCUT2D eigenvalue weighted by molar-refractivity contribution is -0.153. The number of methoxy groups -OCH3 is 1. The predicted octanol–water partition coefficient (Wildman–Crippen LogP) is 2.33. The minimum atomic E-state index is -0.688. The topological polar surface area (TPSA) is 94.2 Å². The molecule has 0 fully saturated rings. The number of esters is 1. The molecule has 8 heteroatoms. The number of nitrogens with zero attached hydrogens (tertiary/aromatic N) is 1. The highest BCUT2D eigenvalue weighted by Crippen LogP contribution is 2.17. The van der Waals surface area contributed by atoms with Gasteiger partial charge in [0.2, 0.25) is 5.91 Å². The number of ether oxygens (including phenoxy) is 3. The molecule has 2 rings (SSSR count). The number of hydrogen-bond acceptors (Lipinski definition) is 6. The molecule has 0 spiro atoms. The van der Waals surface area contributed by atoms with Gasteiger partial charge in [-0.1, -0.05) is 12.1 Å². The van der Waals surface area contributed by atoms with Gasteiger partial charge in [-0.25, -0.2) is 4.79 Å². The van der Waals surface area contributed by atoms with E-state index in [2.05, 4.69) is 5.32 Å². The van der Waals surface area contributed by atoms with Gasteiger partial charge in [-0.2, -0.15) is 0 Å². The van der Waals surface area contributed by atoms with Crippen molar-refractivity contribution >= 4 is 23.5 Å². The Balaban J connectivity index is 1.73. The Labute approximate surface area is 175 Å². The molecule has 30 heavy (non-hydrogen) atoms. The summed E-state index contributed by atoms with van der Waals surface area (Å²) in [5.41, 5.74) is 2.64. The summed E-state index contributed by atoms with van der Waals surface area (Å²) in [6.45, 7) is 2.84. The number of carbonyl (C=O) groups excluding carboxylic acids is 3. The molecule has 0 radical (unpaired) electrons. The Bertz CT molecular complexity index is 895. The molecule has 0 aliphatic heterocycles. The quantitative estimate of drug-likeness (QED) is 0.633. The largest absolute Gasteiger partial charge is 0.497 e. The van der Waals surface area contributed by atoms with E-state index in [4.69, 9.17) is 14.2 Å². The first-order valence-electron chi connectivity index (χ1n) is 9.32. The zero-order valence-electron chi connectivity index (χ0n) is 17.6. The summed E-state index contributed by atoms with van der Waals surface area (Å²) in [6, 6.07) is 12.4. The second-order valence-corrected chi connectivity index (χ2v) is 6.74. The SMILES string of the molecule is COc1ccc(OCC(=O)OCC(=O)N(C)CC(=O)Nc2cc(C)ccc2C)cc1. The van der Waals surface area contributed by atoms with Crippen LogP contribution in [0.2, 0.25) is 0 Å². The van der Waals surface area contributed by atoms with Crippen LogP contribution in [0.1, 0.15) is 11.1 Å². The van der Waals surface area contributed by atoms with Gasteiger partial charge in [-0.05, 0) is 55.3 Å². The molecule has 0 aliphatic rings. The van der Waals surface area contributed by atoms with Crippen molar-refractivity contribution in [2.75, 3.05) is 39.2 Å². The maximum Gasteiger partial charge on any atom is 0.344 e. The predicted molar refractivity (Wildman–Crippen MR) is 112 cm³/mol. The minimum Gasteiger partial charge on any atom is -0.497 e. The second kappa shape index (κ2) is 10.8. The van der Waals surface area contributed by atoms with E-state index in [1.807, 2.05) is 32.0 Å². The van der Waals surface area contributed by atoms with Gasteiger partial charge in [0.05, 0.1) is 13.7 Å². The molecule has 0 unspecified atom stereocenters. The van der Waals surface area contributed by atoms with Crippen molar-refractivity contribution in [2.24, 2.45) is 0 Å². The molecule has 0 bridgehead atoms. The number of aryl methyl sites for hydroxylation is 2. The van der Waals surface area contributed by atoms with Gasteiger partial charge in [0.25, 0.3) is 5.91 Å². The van der Waals surface area contributed by atoms with Crippen molar-refractivity contribution in [1.29, 1.82) is 0 Å². The fraction of sp³-hybridized carbons (Fsp3) is 0.318.